The number of nitrogens with zero attached hydrogens (tertiary/aromatic N) is 2. The number of carbonyl (C=O) groups is 1. The van der Waals surface area contributed by atoms with Gasteiger partial charge in [0.2, 0.25) is 5.91 Å². The van der Waals surface area contributed by atoms with Crippen LogP contribution in [-0.4, -0.2) is 15.9 Å². The van der Waals surface area contributed by atoms with E-state index in [0.29, 0.717) is 6.42 Å². The summed E-state index contributed by atoms with van der Waals surface area (Å²) in [4.78, 5) is 20.9. The molecule has 1 amide bonds. The van der Waals surface area contributed by atoms with E-state index in [4.69, 9.17) is 0 Å². The van der Waals surface area contributed by atoms with Gasteiger partial charge in [0.15, 0.2) is 0 Å². The van der Waals surface area contributed by atoms with E-state index in [9.17, 15) is 4.79 Å². The molecule has 0 bridgehead atoms. The van der Waals surface area contributed by atoms with E-state index >= 15 is 0 Å². The summed E-state index contributed by atoms with van der Waals surface area (Å²) < 4.78 is 0. The molecule has 0 aliphatic rings. The first-order chi connectivity index (χ1) is 12.2. The molecular weight excluding hydrogens is 330 g/mol. The van der Waals surface area contributed by atoms with Gasteiger partial charge in [0.05, 0.1) is 11.7 Å². The van der Waals surface area contributed by atoms with Crippen molar-refractivity contribution in [2.24, 2.45) is 0 Å². The molecule has 0 saturated heterocycles. The summed E-state index contributed by atoms with van der Waals surface area (Å²) in [5.41, 5.74) is 3.22. The van der Waals surface area contributed by atoms with Crippen LogP contribution in [0.15, 0.2) is 66.3 Å². The Kier molecular flexibility index (Phi) is 5.69. The standard InChI is InChI=1S/C20H19N3OS/c1-15-5-7-16(8-6-15)14-18(17-4-2-3-11-21-17)23-19(24)9-10-20-22-12-13-25-20/h2-13,18H,14H2,1H3,(H,23,24)/b10-9+/t18-/m0/s1. The van der Waals surface area contributed by atoms with Crippen LogP contribution in [0.2, 0.25) is 0 Å². The molecule has 4 nitrogen and oxygen atoms in total. The van der Waals surface area contributed by atoms with Crippen LogP contribution in [0.5, 0.6) is 0 Å². The predicted octanol–water partition coefficient (Wildman–Crippen LogP) is 3.96. The zero-order valence-corrected chi connectivity index (χ0v) is 14.7. The third kappa shape index (κ3) is 5.09. The van der Waals surface area contributed by atoms with Crippen LogP contribution < -0.4 is 5.32 Å². The van der Waals surface area contributed by atoms with Crippen LogP contribution in [0.1, 0.15) is 27.9 Å². The van der Waals surface area contributed by atoms with Crippen molar-refractivity contribution in [1.29, 1.82) is 0 Å². The second-order valence-corrected chi connectivity index (χ2v) is 6.64. The average Bonchev–Trinajstić information content (AvgIpc) is 3.16. The Morgan fingerprint density at radius 2 is 2.00 bits per heavy atom. The molecule has 2 aromatic heterocycles. The van der Waals surface area contributed by atoms with E-state index in [2.05, 4.69) is 46.5 Å². The summed E-state index contributed by atoms with van der Waals surface area (Å²) in [6.45, 7) is 2.06. The van der Waals surface area contributed by atoms with Crippen LogP contribution in [-0.2, 0) is 11.2 Å². The number of amides is 1. The van der Waals surface area contributed by atoms with Crippen molar-refractivity contribution in [1.82, 2.24) is 15.3 Å². The number of thiazole rings is 1. The Morgan fingerprint density at radius 3 is 2.68 bits per heavy atom. The number of nitrogens with one attached hydrogen (secondary N) is 1. The lowest BCUT2D eigenvalue weighted by molar-refractivity contribution is -0.117. The number of hydrogen-bond acceptors (Lipinski definition) is 4. The summed E-state index contributed by atoms with van der Waals surface area (Å²) in [6, 6.07) is 13.9. The molecule has 3 rings (SSSR count). The number of carbonyl (C=O) groups excluding carboxylic acids is 1. The highest BCUT2D eigenvalue weighted by molar-refractivity contribution is 7.10. The number of hydrogen-bond donors (Lipinski definition) is 1. The maximum Gasteiger partial charge on any atom is 0.244 e. The maximum atomic E-state index is 12.3. The largest absolute Gasteiger partial charge is 0.344 e. The second kappa shape index (κ2) is 8.35. The Labute approximate surface area is 151 Å². The molecule has 0 spiro atoms. The average molecular weight is 349 g/mol. The fourth-order valence-electron chi connectivity index (χ4n) is 2.46. The number of pyridine rings is 1. The Balaban J connectivity index is 1.74. The lowest BCUT2D eigenvalue weighted by atomic mass is 10.0. The molecule has 1 aromatic carbocycles. The lowest BCUT2D eigenvalue weighted by Crippen LogP contribution is -2.29. The van der Waals surface area contributed by atoms with Gasteiger partial charge >= 0.3 is 0 Å². The minimum atomic E-state index is -0.183. The van der Waals surface area contributed by atoms with Crippen molar-refractivity contribution < 1.29 is 4.79 Å². The van der Waals surface area contributed by atoms with Gasteiger partial charge in [0, 0.05) is 23.8 Å². The fourth-order valence-corrected chi connectivity index (χ4v) is 2.98. The van der Waals surface area contributed by atoms with E-state index in [1.165, 1.54) is 23.0 Å². The first kappa shape index (κ1) is 17.0. The van der Waals surface area contributed by atoms with E-state index in [1.807, 2.05) is 23.6 Å². The van der Waals surface area contributed by atoms with E-state index in [0.717, 1.165) is 16.3 Å². The highest BCUT2D eigenvalue weighted by Crippen LogP contribution is 2.17. The van der Waals surface area contributed by atoms with Crippen molar-refractivity contribution in [3.63, 3.8) is 0 Å². The van der Waals surface area contributed by atoms with Crippen molar-refractivity contribution in [2.75, 3.05) is 0 Å². The Bertz CT molecular complexity index is 827. The van der Waals surface area contributed by atoms with Crippen LogP contribution >= 0.6 is 11.3 Å². The summed E-state index contributed by atoms with van der Waals surface area (Å²) >= 11 is 1.49. The van der Waals surface area contributed by atoms with E-state index < -0.39 is 0 Å². The molecule has 0 unspecified atom stereocenters. The van der Waals surface area contributed by atoms with Crippen molar-refractivity contribution in [3.8, 4) is 0 Å². The zero-order chi connectivity index (χ0) is 17.5. The van der Waals surface area contributed by atoms with Gasteiger partial charge < -0.3 is 5.32 Å². The molecule has 0 aliphatic heterocycles. The Hall–Kier alpha value is -2.79. The van der Waals surface area contributed by atoms with Crippen LogP contribution in [0.3, 0.4) is 0 Å². The highest BCUT2D eigenvalue weighted by Gasteiger charge is 2.15. The highest BCUT2D eigenvalue weighted by atomic mass is 32.1. The van der Waals surface area contributed by atoms with Gasteiger partial charge in [-0.2, -0.15) is 0 Å². The molecule has 5 heteroatoms. The number of rotatable bonds is 6. The van der Waals surface area contributed by atoms with Crippen LogP contribution in [0, 0.1) is 6.92 Å². The van der Waals surface area contributed by atoms with Crippen molar-refractivity contribution in [2.45, 2.75) is 19.4 Å². The second-order valence-electron chi connectivity index (χ2n) is 5.71. The fraction of sp³-hybridized carbons (Fsp3) is 0.150. The smallest absolute Gasteiger partial charge is 0.244 e. The van der Waals surface area contributed by atoms with E-state index in [-0.39, 0.29) is 11.9 Å². The third-order valence-corrected chi connectivity index (χ3v) is 4.49. The molecule has 0 fully saturated rings. The molecule has 2 heterocycles. The van der Waals surface area contributed by atoms with Gasteiger partial charge in [-0.25, -0.2) is 4.98 Å². The molecule has 126 valence electrons. The summed E-state index contributed by atoms with van der Waals surface area (Å²) in [7, 11) is 0. The van der Waals surface area contributed by atoms with Crippen molar-refractivity contribution >= 4 is 23.3 Å². The lowest BCUT2D eigenvalue weighted by Gasteiger charge is -2.17. The molecule has 0 saturated carbocycles. The summed E-state index contributed by atoms with van der Waals surface area (Å²) in [5.74, 6) is -0.155. The molecule has 0 aliphatic carbocycles. The normalized spacial score (nSPS) is 12.2. The number of benzene rings is 1. The monoisotopic (exact) mass is 349 g/mol. The third-order valence-electron chi connectivity index (χ3n) is 3.75. The van der Waals surface area contributed by atoms with Crippen LogP contribution in [0.25, 0.3) is 6.08 Å². The molecule has 1 N–H and O–H groups in total. The van der Waals surface area contributed by atoms with Gasteiger partial charge in [0.25, 0.3) is 0 Å². The molecule has 3 aromatic rings. The Morgan fingerprint density at radius 1 is 1.16 bits per heavy atom. The minimum absolute atomic E-state index is 0.155. The quantitative estimate of drug-likeness (QED) is 0.685. The van der Waals surface area contributed by atoms with Gasteiger partial charge in [-0.1, -0.05) is 35.9 Å². The molecular formula is C20H19N3OS. The van der Waals surface area contributed by atoms with Crippen LogP contribution in [0.4, 0.5) is 0 Å². The molecule has 1 atom stereocenters. The maximum absolute atomic E-state index is 12.3. The number of aromatic nitrogens is 2. The summed E-state index contributed by atoms with van der Waals surface area (Å²) in [5, 5.41) is 5.74. The predicted molar refractivity (Wildman–Crippen MR) is 101 cm³/mol. The van der Waals surface area contributed by atoms with E-state index in [1.54, 1.807) is 18.5 Å². The topological polar surface area (TPSA) is 54.9 Å². The molecule has 25 heavy (non-hydrogen) atoms. The summed E-state index contributed by atoms with van der Waals surface area (Å²) in [6.07, 6.45) is 7.39. The van der Waals surface area contributed by atoms with Gasteiger partial charge in [-0.15, -0.1) is 11.3 Å². The first-order valence-corrected chi connectivity index (χ1v) is 8.93. The minimum Gasteiger partial charge on any atom is -0.344 e. The van der Waals surface area contributed by atoms with Gasteiger partial charge in [0.1, 0.15) is 5.01 Å². The van der Waals surface area contributed by atoms with Gasteiger partial charge in [-0.05, 0) is 37.1 Å². The SMILES string of the molecule is Cc1ccc(C[C@H](NC(=O)/C=C/c2nccs2)c2ccccn2)cc1. The first-order valence-electron chi connectivity index (χ1n) is 8.05. The zero-order valence-electron chi connectivity index (χ0n) is 13.9. The van der Waals surface area contributed by atoms with Gasteiger partial charge in [-0.3, -0.25) is 9.78 Å². The molecule has 0 radical (unpaired) electrons. The van der Waals surface area contributed by atoms with Crippen molar-refractivity contribution in [3.05, 3.63) is 88.1 Å². The number of aryl methyl sites for hydroxylation is 1.